The Morgan fingerprint density at radius 2 is 1.56 bits per heavy atom. The van der Waals surface area contributed by atoms with Crippen LogP contribution < -0.4 is 5.73 Å². The Morgan fingerprint density at radius 3 is 2.16 bits per heavy atom. The lowest BCUT2D eigenvalue weighted by atomic mass is 10.2. The lowest BCUT2D eigenvalue weighted by molar-refractivity contribution is 0.244. The summed E-state index contributed by atoms with van der Waals surface area (Å²) in [5.74, 6) is -1.79. The number of aromatic nitrogens is 4. The topological polar surface area (TPSA) is 108 Å². The van der Waals surface area contributed by atoms with Crippen LogP contribution in [-0.2, 0) is 19.6 Å². The molecule has 32 heavy (non-hydrogen) atoms. The number of nitrogen functional groups attached to an aromatic ring is 1. The maximum Gasteiger partial charge on any atom is 0.173 e. The van der Waals surface area contributed by atoms with Crippen molar-refractivity contribution in [3.63, 3.8) is 0 Å². The number of halogens is 2. The number of rotatable bonds is 8. The zero-order chi connectivity index (χ0) is 22.3. The number of anilines is 1. The van der Waals surface area contributed by atoms with E-state index < -0.39 is 11.6 Å². The Kier molecular flexibility index (Phi) is 6.52. The summed E-state index contributed by atoms with van der Waals surface area (Å²) in [5, 5.41) is 15.1. The van der Waals surface area contributed by atoms with Crippen molar-refractivity contribution >= 4 is 17.2 Å². The third kappa shape index (κ3) is 5.35. The van der Waals surface area contributed by atoms with Gasteiger partial charge in [0.25, 0.3) is 0 Å². The molecule has 0 aliphatic heterocycles. The molecule has 3 aromatic heterocycles. The molecule has 3 N–H and O–H groups in total. The molecule has 0 fully saturated rings. The fourth-order valence-corrected chi connectivity index (χ4v) is 3.16. The van der Waals surface area contributed by atoms with E-state index in [-0.39, 0.29) is 11.5 Å². The van der Waals surface area contributed by atoms with Crippen LogP contribution in [0.15, 0.2) is 77.5 Å². The predicted octanol–water partition coefficient (Wildman–Crippen LogP) is 4.68. The number of nitrogens with one attached hydrogen (secondary N) is 1. The highest BCUT2D eigenvalue weighted by Crippen LogP contribution is 2.29. The van der Waals surface area contributed by atoms with E-state index in [1.54, 1.807) is 24.8 Å². The van der Waals surface area contributed by atoms with E-state index in [2.05, 4.69) is 35.3 Å². The molecule has 3 heterocycles. The minimum Gasteiger partial charge on any atom is -0.380 e. The summed E-state index contributed by atoms with van der Waals surface area (Å²) < 4.78 is 26.6. The van der Waals surface area contributed by atoms with Crippen LogP contribution in [0.5, 0.6) is 0 Å². The van der Waals surface area contributed by atoms with Gasteiger partial charge < -0.3 is 5.73 Å². The number of nitrogens with zero attached hydrogens (tertiary/aromatic N) is 6. The second-order valence-corrected chi connectivity index (χ2v) is 7.10. The molecule has 0 atom stereocenters. The molecule has 0 aliphatic carbocycles. The Bertz CT molecular complexity index is 1150. The van der Waals surface area contributed by atoms with Crippen LogP contribution in [0.1, 0.15) is 16.8 Å². The van der Waals surface area contributed by atoms with Gasteiger partial charge in [-0.2, -0.15) is 10.2 Å². The summed E-state index contributed by atoms with van der Waals surface area (Å²) >= 11 is 0. The van der Waals surface area contributed by atoms with Gasteiger partial charge in [0, 0.05) is 50.5 Å². The van der Waals surface area contributed by atoms with E-state index in [0.29, 0.717) is 31.0 Å². The molecule has 1 aromatic carbocycles. The Morgan fingerprint density at radius 1 is 0.875 bits per heavy atom. The summed E-state index contributed by atoms with van der Waals surface area (Å²) in [7, 11) is 0. The molecule has 0 spiro atoms. The van der Waals surface area contributed by atoms with E-state index in [4.69, 9.17) is 5.73 Å². The van der Waals surface area contributed by atoms with Crippen molar-refractivity contribution in [2.45, 2.75) is 19.6 Å². The van der Waals surface area contributed by atoms with Gasteiger partial charge in [-0.3, -0.25) is 20.0 Å². The molecule has 0 amide bonds. The van der Waals surface area contributed by atoms with Gasteiger partial charge in [-0.05, 0) is 35.4 Å². The average molecular weight is 434 g/mol. The first-order chi connectivity index (χ1) is 15.6. The average Bonchev–Trinajstić information content (AvgIpc) is 3.15. The Hall–Kier alpha value is -4.05. The van der Waals surface area contributed by atoms with E-state index >= 15 is 0 Å². The molecular weight excluding hydrogens is 414 g/mol. The quantitative estimate of drug-likeness (QED) is 0.392. The second kappa shape index (κ2) is 9.84. The van der Waals surface area contributed by atoms with E-state index in [9.17, 15) is 8.78 Å². The van der Waals surface area contributed by atoms with Gasteiger partial charge in [0.05, 0.1) is 11.4 Å². The number of H-pyrrole nitrogens is 1. The molecule has 0 saturated heterocycles. The van der Waals surface area contributed by atoms with Crippen LogP contribution in [0.4, 0.5) is 26.0 Å². The van der Waals surface area contributed by atoms with Gasteiger partial charge in [-0.1, -0.05) is 12.1 Å². The van der Waals surface area contributed by atoms with Crippen molar-refractivity contribution in [2.75, 3.05) is 5.73 Å². The maximum absolute atomic E-state index is 13.5. The minimum absolute atomic E-state index is 0.161. The summed E-state index contributed by atoms with van der Waals surface area (Å²) in [6.07, 6.45) is 7.06. The fraction of sp³-hybridized carbons (Fsp3) is 0.136. The van der Waals surface area contributed by atoms with Gasteiger partial charge >= 0.3 is 0 Å². The highest BCUT2D eigenvalue weighted by atomic mass is 19.2. The van der Waals surface area contributed by atoms with Crippen molar-refractivity contribution in [3.8, 4) is 0 Å². The van der Waals surface area contributed by atoms with Crippen molar-refractivity contribution < 1.29 is 8.78 Å². The molecule has 4 aromatic rings. The zero-order valence-corrected chi connectivity index (χ0v) is 17.0. The number of hydrogen-bond donors (Lipinski definition) is 2. The van der Waals surface area contributed by atoms with E-state index in [1.807, 2.05) is 24.3 Å². The molecule has 0 bridgehead atoms. The summed E-state index contributed by atoms with van der Waals surface area (Å²) in [6, 6.07) is 11.0. The van der Waals surface area contributed by atoms with Crippen LogP contribution in [0.3, 0.4) is 0 Å². The largest absolute Gasteiger partial charge is 0.380 e. The van der Waals surface area contributed by atoms with Gasteiger partial charge in [0.2, 0.25) is 0 Å². The summed E-state index contributed by atoms with van der Waals surface area (Å²) in [4.78, 5) is 10.5. The zero-order valence-electron chi connectivity index (χ0n) is 17.0. The van der Waals surface area contributed by atoms with E-state index in [0.717, 1.165) is 23.3 Å². The molecule has 0 saturated carbocycles. The van der Waals surface area contributed by atoms with E-state index in [1.165, 1.54) is 6.07 Å². The number of benzene rings is 1. The first-order valence-electron chi connectivity index (χ1n) is 9.78. The molecule has 162 valence electrons. The third-order valence-corrected chi connectivity index (χ3v) is 4.65. The SMILES string of the molecule is Nc1n[nH]c(CN(Cc2cccnc2)Cc2cccnc2)c1N=Nc1ccc(F)c(F)c1. The Balaban J connectivity index is 1.57. The standard InChI is InChI=1S/C22H20F2N8/c23-18-6-5-17(9-19(18)24)28-30-21-20(29-31-22(21)25)14-32(12-15-3-1-7-26-10-15)13-16-4-2-8-27-11-16/h1-11H,12-14H2,(H3,25,29,31). The maximum atomic E-state index is 13.5. The predicted molar refractivity (Wildman–Crippen MR) is 115 cm³/mol. The molecule has 0 unspecified atom stereocenters. The molecule has 0 radical (unpaired) electrons. The smallest absolute Gasteiger partial charge is 0.173 e. The van der Waals surface area contributed by atoms with Crippen LogP contribution in [0.25, 0.3) is 0 Å². The number of nitrogens with two attached hydrogens (primary N) is 1. The molecule has 10 heteroatoms. The van der Waals surface area contributed by atoms with Crippen LogP contribution in [0, 0.1) is 11.6 Å². The van der Waals surface area contributed by atoms with Gasteiger partial charge in [-0.15, -0.1) is 5.11 Å². The second-order valence-electron chi connectivity index (χ2n) is 7.10. The molecular formula is C22H20F2N8. The monoisotopic (exact) mass is 434 g/mol. The van der Waals surface area contributed by atoms with Crippen molar-refractivity contribution in [2.24, 2.45) is 10.2 Å². The lowest BCUT2D eigenvalue weighted by Gasteiger charge is -2.21. The summed E-state index contributed by atoms with van der Waals surface area (Å²) in [6.45, 7) is 1.66. The van der Waals surface area contributed by atoms with Gasteiger partial charge in [0.1, 0.15) is 0 Å². The first-order valence-corrected chi connectivity index (χ1v) is 9.78. The summed E-state index contributed by atoms with van der Waals surface area (Å²) in [5.41, 5.74) is 9.19. The first kappa shape index (κ1) is 21.2. The number of pyridine rings is 2. The number of azo groups is 1. The Labute approximate surface area is 182 Å². The van der Waals surface area contributed by atoms with Crippen molar-refractivity contribution in [1.82, 2.24) is 25.1 Å². The fourth-order valence-electron chi connectivity index (χ4n) is 3.16. The number of hydrogen-bond acceptors (Lipinski definition) is 7. The molecule has 8 nitrogen and oxygen atoms in total. The van der Waals surface area contributed by atoms with Crippen molar-refractivity contribution in [3.05, 3.63) is 95.7 Å². The van der Waals surface area contributed by atoms with Gasteiger partial charge in [0.15, 0.2) is 23.1 Å². The molecule has 0 aliphatic rings. The normalized spacial score (nSPS) is 11.5. The van der Waals surface area contributed by atoms with Crippen LogP contribution >= 0.6 is 0 Å². The van der Waals surface area contributed by atoms with Crippen molar-refractivity contribution in [1.29, 1.82) is 0 Å². The lowest BCUT2D eigenvalue weighted by Crippen LogP contribution is -2.23. The number of aromatic amines is 1. The van der Waals surface area contributed by atoms with Gasteiger partial charge in [-0.25, -0.2) is 8.78 Å². The van der Waals surface area contributed by atoms with Crippen LogP contribution in [0.2, 0.25) is 0 Å². The minimum atomic E-state index is -0.999. The third-order valence-electron chi connectivity index (χ3n) is 4.65. The highest BCUT2D eigenvalue weighted by Gasteiger charge is 2.16. The highest BCUT2D eigenvalue weighted by molar-refractivity contribution is 5.60. The van der Waals surface area contributed by atoms with Crippen LogP contribution in [-0.4, -0.2) is 25.1 Å². The molecule has 4 rings (SSSR count).